The van der Waals surface area contributed by atoms with Crippen molar-refractivity contribution in [2.75, 3.05) is 0 Å². The molecule has 2 heteroatoms. The van der Waals surface area contributed by atoms with Crippen molar-refractivity contribution in [3.63, 3.8) is 0 Å². The summed E-state index contributed by atoms with van der Waals surface area (Å²) in [5.41, 5.74) is 1.62. The fourth-order valence-electron chi connectivity index (χ4n) is 1.19. The third kappa shape index (κ3) is 2.37. The quantitative estimate of drug-likeness (QED) is 0.590. The highest BCUT2D eigenvalue weighted by atomic mass is 16.5. The van der Waals surface area contributed by atoms with Crippen LogP contribution in [0.25, 0.3) is 0 Å². The molecule has 0 aromatic rings. The van der Waals surface area contributed by atoms with Crippen molar-refractivity contribution in [2.24, 2.45) is 0 Å². The molecule has 0 aromatic heterocycles. The zero-order valence-electron chi connectivity index (χ0n) is 8.66. The first-order chi connectivity index (χ1) is 6.67. The molecule has 1 aliphatic rings. The van der Waals surface area contributed by atoms with Gasteiger partial charge in [-0.25, -0.2) is 0 Å². The van der Waals surface area contributed by atoms with Gasteiger partial charge in [0.1, 0.15) is 11.5 Å². The Balaban J connectivity index is 3.10. The summed E-state index contributed by atoms with van der Waals surface area (Å²) in [7, 11) is 0. The lowest BCUT2D eigenvalue weighted by molar-refractivity contribution is 0.317. The normalized spacial score (nSPS) is 19.6. The van der Waals surface area contributed by atoms with Gasteiger partial charge in [0.25, 0.3) is 0 Å². The van der Waals surface area contributed by atoms with E-state index in [2.05, 4.69) is 6.07 Å². The van der Waals surface area contributed by atoms with E-state index in [0.717, 1.165) is 17.1 Å². The summed E-state index contributed by atoms with van der Waals surface area (Å²) in [6.45, 7) is 5.60. The van der Waals surface area contributed by atoms with Crippen molar-refractivity contribution < 1.29 is 4.74 Å². The minimum Gasteiger partial charge on any atom is -0.462 e. The third-order valence-corrected chi connectivity index (χ3v) is 1.87. The highest BCUT2D eigenvalue weighted by molar-refractivity contribution is 5.46. The van der Waals surface area contributed by atoms with Crippen LogP contribution in [-0.4, -0.2) is 0 Å². The number of nitrogens with zero attached hydrogens (tertiary/aromatic N) is 1. The molecule has 2 nitrogen and oxygen atoms in total. The van der Waals surface area contributed by atoms with Gasteiger partial charge in [0, 0.05) is 5.57 Å². The van der Waals surface area contributed by atoms with E-state index in [1.165, 1.54) is 0 Å². The van der Waals surface area contributed by atoms with E-state index < -0.39 is 0 Å². The number of rotatable bonds is 1. The average molecular weight is 187 g/mol. The van der Waals surface area contributed by atoms with Crippen molar-refractivity contribution in [3.05, 3.63) is 47.0 Å². The first-order valence-electron chi connectivity index (χ1n) is 4.49. The summed E-state index contributed by atoms with van der Waals surface area (Å²) < 4.78 is 5.44. The highest BCUT2D eigenvalue weighted by Gasteiger charge is 2.07. The van der Waals surface area contributed by atoms with Crippen LogP contribution in [0.4, 0.5) is 0 Å². The molecule has 0 atom stereocenters. The maximum Gasteiger partial charge on any atom is 0.127 e. The Morgan fingerprint density at radius 3 is 2.79 bits per heavy atom. The third-order valence-electron chi connectivity index (χ3n) is 1.87. The van der Waals surface area contributed by atoms with Crippen LogP contribution in [0.15, 0.2) is 47.0 Å². The lowest BCUT2D eigenvalue weighted by Crippen LogP contribution is -1.96. The molecule has 1 rings (SSSR count). The molecule has 0 spiro atoms. The summed E-state index contributed by atoms with van der Waals surface area (Å²) in [5.74, 6) is 1.59. The lowest BCUT2D eigenvalue weighted by atomic mass is 10.1. The molecule has 0 saturated carbocycles. The van der Waals surface area contributed by atoms with E-state index in [-0.39, 0.29) is 0 Å². The first-order valence-corrected chi connectivity index (χ1v) is 4.49. The molecule has 0 aliphatic carbocycles. The van der Waals surface area contributed by atoms with Crippen molar-refractivity contribution in [1.82, 2.24) is 0 Å². The molecule has 0 saturated heterocycles. The van der Waals surface area contributed by atoms with Gasteiger partial charge in [-0.15, -0.1) is 0 Å². The van der Waals surface area contributed by atoms with Gasteiger partial charge in [-0.2, -0.15) is 5.26 Å². The van der Waals surface area contributed by atoms with Crippen molar-refractivity contribution in [2.45, 2.75) is 20.8 Å². The molecule has 0 unspecified atom stereocenters. The monoisotopic (exact) mass is 187 g/mol. The van der Waals surface area contributed by atoms with Crippen molar-refractivity contribution >= 4 is 0 Å². The van der Waals surface area contributed by atoms with Crippen LogP contribution in [0.1, 0.15) is 20.8 Å². The molecule has 14 heavy (non-hydrogen) atoms. The van der Waals surface area contributed by atoms with E-state index in [0.29, 0.717) is 5.57 Å². The van der Waals surface area contributed by atoms with Gasteiger partial charge in [-0.3, -0.25) is 0 Å². The fraction of sp³-hybridized carbons (Fsp3) is 0.250. The average Bonchev–Trinajstić information content (AvgIpc) is 2.16. The van der Waals surface area contributed by atoms with Gasteiger partial charge in [0.05, 0.1) is 6.07 Å². The standard InChI is InChI=1S/C12H13NO/c1-4-5-12-7-11(9(2)8-13)6-10(3)14-12/h4-7H,1-3H3/b5-4+,11-9+. The van der Waals surface area contributed by atoms with Crippen molar-refractivity contribution in [3.8, 4) is 6.07 Å². The molecule has 0 radical (unpaired) electrons. The largest absolute Gasteiger partial charge is 0.462 e. The molecule has 0 bridgehead atoms. The summed E-state index contributed by atoms with van der Waals surface area (Å²) in [4.78, 5) is 0. The zero-order valence-corrected chi connectivity index (χ0v) is 8.66. The van der Waals surface area contributed by atoms with Crippen LogP contribution in [0.3, 0.4) is 0 Å². The maximum absolute atomic E-state index is 8.76. The van der Waals surface area contributed by atoms with Crippen LogP contribution < -0.4 is 0 Å². The smallest absolute Gasteiger partial charge is 0.127 e. The van der Waals surface area contributed by atoms with E-state index >= 15 is 0 Å². The Kier molecular flexibility index (Phi) is 3.30. The fourth-order valence-corrected chi connectivity index (χ4v) is 1.19. The number of hydrogen-bond acceptors (Lipinski definition) is 2. The minimum atomic E-state index is 0.703. The zero-order chi connectivity index (χ0) is 10.6. The second-order valence-corrected chi connectivity index (χ2v) is 3.10. The summed E-state index contributed by atoms with van der Waals surface area (Å²) >= 11 is 0. The van der Waals surface area contributed by atoms with Crippen LogP contribution >= 0.6 is 0 Å². The van der Waals surface area contributed by atoms with Gasteiger partial charge in [-0.1, -0.05) is 6.08 Å². The summed E-state index contributed by atoms with van der Waals surface area (Å²) in [5, 5.41) is 8.76. The molecule has 1 heterocycles. The Morgan fingerprint density at radius 2 is 2.21 bits per heavy atom. The Morgan fingerprint density at radius 1 is 1.50 bits per heavy atom. The predicted octanol–water partition coefficient (Wildman–Crippen LogP) is 3.22. The molecule has 0 N–H and O–H groups in total. The second kappa shape index (κ2) is 4.48. The topological polar surface area (TPSA) is 33.0 Å². The lowest BCUT2D eigenvalue weighted by Gasteiger charge is -2.13. The summed E-state index contributed by atoms with van der Waals surface area (Å²) in [6.07, 6.45) is 7.52. The van der Waals surface area contributed by atoms with Crippen LogP contribution in [0.5, 0.6) is 0 Å². The van der Waals surface area contributed by atoms with E-state index in [1.54, 1.807) is 6.92 Å². The van der Waals surface area contributed by atoms with Gasteiger partial charge in [0.2, 0.25) is 0 Å². The van der Waals surface area contributed by atoms with E-state index in [1.807, 2.05) is 38.2 Å². The Bertz CT molecular complexity index is 389. The number of nitriles is 1. The van der Waals surface area contributed by atoms with Crippen molar-refractivity contribution in [1.29, 1.82) is 5.26 Å². The molecule has 0 aromatic carbocycles. The number of ether oxygens (including phenoxy) is 1. The minimum absolute atomic E-state index is 0.703. The van der Waals surface area contributed by atoms with Gasteiger partial charge in [-0.05, 0) is 44.6 Å². The molecule has 0 fully saturated rings. The molecule has 0 amide bonds. The molecule has 1 aliphatic heterocycles. The van der Waals surface area contributed by atoms with Gasteiger partial charge < -0.3 is 4.74 Å². The Labute approximate surface area is 84.5 Å². The number of allylic oxidation sites excluding steroid dienone is 7. The second-order valence-electron chi connectivity index (χ2n) is 3.10. The molecule has 72 valence electrons. The molecular weight excluding hydrogens is 174 g/mol. The number of hydrogen-bond donors (Lipinski definition) is 0. The van der Waals surface area contributed by atoms with Crippen LogP contribution in [0, 0.1) is 11.3 Å². The van der Waals surface area contributed by atoms with Crippen LogP contribution in [-0.2, 0) is 4.74 Å². The SMILES string of the molecule is C/C=C/C1=CC(=C(\C)C#N)/C=C(C)O1. The highest BCUT2D eigenvalue weighted by Crippen LogP contribution is 2.21. The maximum atomic E-state index is 8.76. The first kappa shape index (κ1) is 10.3. The molecular formula is C12H13NO. The Hall–Kier alpha value is -1.75. The van der Waals surface area contributed by atoms with E-state index in [4.69, 9.17) is 10.00 Å². The summed E-state index contributed by atoms with van der Waals surface area (Å²) in [6, 6.07) is 2.13. The van der Waals surface area contributed by atoms with Gasteiger partial charge in [0.15, 0.2) is 0 Å². The predicted molar refractivity (Wildman–Crippen MR) is 56.1 cm³/mol. The van der Waals surface area contributed by atoms with E-state index in [9.17, 15) is 0 Å². The van der Waals surface area contributed by atoms with Crippen LogP contribution in [0.2, 0.25) is 0 Å². The van der Waals surface area contributed by atoms with Gasteiger partial charge >= 0.3 is 0 Å².